The molecule has 7 heteroatoms. The summed E-state index contributed by atoms with van der Waals surface area (Å²) in [7, 11) is 0. The number of benzene rings is 3. The molecule has 0 aliphatic carbocycles. The van der Waals surface area contributed by atoms with Crippen molar-refractivity contribution >= 4 is 5.91 Å². The van der Waals surface area contributed by atoms with Crippen molar-refractivity contribution in [1.82, 2.24) is 5.32 Å². The molecule has 1 N–H and O–H groups in total. The smallest absolute Gasteiger partial charge is 0.258 e. The summed E-state index contributed by atoms with van der Waals surface area (Å²) in [5, 5.41) is 2.85. The lowest BCUT2D eigenvalue weighted by atomic mass is 9.76. The van der Waals surface area contributed by atoms with Gasteiger partial charge in [-0.1, -0.05) is 50.2 Å². The zero-order valence-electron chi connectivity index (χ0n) is 21.8. The number of nitrogens with one attached hydrogen (secondary N) is 1. The number of carbonyl (C=O) groups is 1. The van der Waals surface area contributed by atoms with Crippen molar-refractivity contribution in [3.63, 3.8) is 0 Å². The zero-order chi connectivity index (χ0) is 26.5. The Morgan fingerprint density at radius 3 is 2.42 bits per heavy atom. The summed E-state index contributed by atoms with van der Waals surface area (Å²) >= 11 is 0. The van der Waals surface area contributed by atoms with Gasteiger partial charge < -0.3 is 24.3 Å². The summed E-state index contributed by atoms with van der Waals surface area (Å²) in [4.78, 5) is 12.3. The first-order valence-corrected chi connectivity index (χ1v) is 13.2. The normalized spacial score (nSPS) is 22.6. The third kappa shape index (κ3) is 6.27. The van der Waals surface area contributed by atoms with Crippen LogP contribution in [-0.4, -0.2) is 38.4 Å². The lowest BCUT2D eigenvalue weighted by molar-refractivity contribution is -0.123. The van der Waals surface area contributed by atoms with Gasteiger partial charge in [0.2, 0.25) is 0 Å². The van der Waals surface area contributed by atoms with E-state index in [2.05, 4.69) is 19.2 Å². The zero-order valence-corrected chi connectivity index (χ0v) is 21.8. The number of hydrogen-bond donors (Lipinski definition) is 1. The Balaban J connectivity index is 1.11. The van der Waals surface area contributed by atoms with E-state index in [-0.39, 0.29) is 36.5 Å². The number of rotatable bonds is 8. The summed E-state index contributed by atoms with van der Waals surface area (Å²) in [6, 6.07) is 22.0. The van der Waals surface area contributed by atoms with Crippen LogP contribution >= 0.6 is 0 Å². The molecule has 0 unspecified atom stereocenters. The highest BCUT2D eigenvalue weighted by Crippen LogP contribution is 2.43. The highest BCUT2D eigenvalue weighted by atomic mass is 19.1. The molecule has 0 bridgehead atoms. The quantitative estimate of drug-likeness (QED) is 0.415. The molecule has 5 rings (SSSR count). The first kappa shape index (κ1) is 26.0. The van der Waals surface area contributed by atoms with Crippen LogP contribution in [-0.2, 0) is 9.53 Å². The van der Waals surface area contributed by atoms with Gasteiger partial charge >= 0.3 is 0 Å². The first-order valence-electron chi connectivity index (χ1n) is 13.2. The van der Waals surface area contributed by atoms with Crippen LogP contribution < -0.4 is 19.5 Å². The van der Waals surface area contributed by atoms with E-state index in [9.17, 15) is 9.18 Å². The van der Waals surface area contributed by atoms with Gasteiger partial charge in [0.25, 0.3) is 5.91 Å². The van der Waals surface area contributed by atoms with Crippen molar-refractivity contribution in [3.8, 4) is 17.2 Å². The van der Waals surface area contributed by atoms with Gasteiger partial charge in [-0.05, 0) is 65.8 Å². The minimum Gasteiger partial charge on any atom is -0.486 e. The molecule has 1 saturated heterocycles. The van der Waals surface area contributed by atoms with Gasteiger partial charge in [-0.25, -0.2) is 4.39 Å². The van der Waals surface area contributed by atoms with Crippen LogP contribution in [0.1, 0.15) is 43.4 Å². The Morgan fingerprint density at radius 1 is 0.974 bits per heavy atom. The molecule has 6 nitrogen and oxygen atoms in total. The summed E-state index contributed by atoms with van der Waals surface area (Å²) in [5.74, 6) is 2.58. The molecule has 1 amide bonds. The van der Waals surface area contributed by atoms with E-state index in [1.54, 1.807) is 0 Å². The highest BCUT2D eigenvalue weighted by molar-refractivity contribution is 5.77. The molecule has 1 fully saturated rings. The van der Waals surface area contributed by atoms with Crippen LogP contribution in [0.4, 0.5) is 4.39 Å². The molecule has 2 aliphatic rings. The number of carbonyl (C=O) groups excluding carboxylic acids is 1. The van der Waals surface area contributed by atoms with Crippen LogP contribution in [0.15, 0.2) is 72.8 Å². The van der Waals surface area contributed by atoms with Gasteiger partial charge in [-0.3, -0.25) is 4.79 Å². The molecule has 200 valence electrons. The number of para-hydroxylation sites is 2. The fraction of sp³-hybridized carbons (Fsp3) is 0.387. The van der Waals surface area contributed by atoms with E-state index in [1.807, 2.05) is 60.7 Å². The predicted octanol–water partition coefficient (Wildman–Crippen LogP) is 5.68. The minimum absolute atomic E-state index is 0.0214. The Labute approximate surface area is 223 Å². The van der Waals surface area contributed by atoms with Crippen LogP contribution in [0, 0.1) is 17.7 Å². The van der Waals surface area contributed by atoms with Crippen molar-refractivity contribution in [2.24, 2.45) is 11.8 Å². The average Bonchev–Trinajstić information content (AvgIpc) is 2.95. The van der Waals surface area contributed by atoms with E-state index in [0.717, 1.165) is 17.5 Å². The van der Waals surface area contributed by atoms with Crippen molar-refractivity contribution in [3.05, 3.63) is 89.7 Å². The van der Waals surface area contributed by atoms with E-state index in [4.69, 9.17) is 18.9 Å². The minimum atomic E-state index is -0.250. The summed E-state index contributed by atoms with van der Waals surface area (Å²) in [6.45, 7) is 5.66. The maximum absolute atomic E-state index is 13.4. The van der Waals surface area contributed by atoms with Crippen molar-refractivity contribution in [2.45, 2.75) is 38.4 Å². The van der Waals surface area contributed by atoms with Gasteiger partial charge in [0, 0.05) is 5.92 Å². The van der Waals surface area contributed by atoms with Crippen LogP contribution in [0.5, 0.6) is 17.2 Å². The second-order valence-electron chi connectivity index (χ2n) is 10.3. The standard InChI is InChI=1S/C31H34FNO5/c1-20(2)27-15-23(21-7-11-24(32)12-8-21)17-37-31(27)22-9-13-25(14-10-22)35-19-30(34)33-16-26-18-36-28-5-3-4-6-29(28)38-26/h3-14,20,23,26-27,31H,15-19H2,1-2H3,(H,33,34)/t23-,26+,27-,31-/m0/s1. The fourth-order valence-electron chi connectivity index (χ4n) is 5.14. The SMILES string of the molecule is CC(C)[C@@H]1C[C@H](c2ccc(F)cc2)CO[C@H]1c1ccc(OCC(=O)NC[C@@H]2COc3ccccc3O2)cc1. The molecule has 3 aromatic rings. The lowest BCUT2D eigenvalue weighted by Crippen LogP contribution is -2.42. The second-order valence-corrected chi connectivity index (χ2v) is 10.3. The van der Waals surface area contributed by atoms with E-state index >= 15 is 0 Å². The molecule has 0 radical (unpaired) electrons. The first-order chi connectivity index (χ1) is 18.5. The van der Waals surface area contributed by atoms with Gasteiger partial charge in [0.1, 0.15) is 24.3 Å². The Kier molecular flexibility index (Phi) is 8.13. The molecular formula is C31H34FNO5. The maximum atomic E-state index is 13.4. The number of fused-ring (bicyclic) bond motifs is 1. The van der Waals surface area contributed by atoms with Crippen molar-refractivity contribution in [1.29, 1.82) is 0 Å². The largest absolute Gasteiger partial charge is 0.486 e. The Morgan fingerprint density at radius 2 is 1.68 bits per heavy atom. The predicted molar refractivity (Wildman–Crippen MR) is 142 cm³/mol. The summed E-state index contributed by atoms with van der Waals surface area (Å²) < 4.78 is 37.0. The highest BCUT2D eigenvalue weighted by Gasteiger charge is 2.35. The summed E-state index contributed by atoms with van der Waals surface area (Å²) in [5.41, 5.74) is 2.21. The Hall–Kier alpha value is -3.58. The van der Waals surface area contributed by atoms with Gasteiger partial charge in [-0.15, -0.1) is 0 Å². The molecule has 2 aliphatic heterocycles. The van der Waals surface area contributed by atoms with E-state index in [0.29, 0.717) is 48.8 Å². The molecule has 0 saturated carbocycles. The monoisotopic (exact) mass is 519 g/mol. The van der Waals surface area contributed by atoms with Crippen molar-refractivity contribution < 1.29 is 28.1 Å². The van der Waals surface area contributed by atoms with Crippen molar-refractivity contribution in [2.75, 3.05) is 26.4 Å². The number of amides is 1. The van der Waals surface area contributed by atoms with E-state index in [1.165, 1.54) is 12.1 Å². The van der Waals surface area contributed by atoms with Gasteiger partial charge in [0.05, 0.1) is 19.3 Å². The summed E-state index contributed by atoms with van der Waals surface area (Å²) in [6.07, 6.45) is 0.709. The fourth-order valence-corrected chi connectivity index (χ4v) is 5.14. The van der Waals surface area contributed by atoms with Crippen LogP contribution in [0.2, 0.25) is 0 Å². The van der Waals surface area contributed by atoms with Crippen LogP contribution in [0.25, 0.3) is 0 Å². The molecule has 2 heterocycles. The molecule has 38 heavy (non-hydrogen) atoms. The number of hydrogen-bond acceptors (Lipinski definition) is 5. The van der Waals surface area contributed by atoms with Gasteiger partial charge in [-0.2, -0.15) is 0 Å². The van der Waals surface area contributed by atoms with Crippen LogP contribution in [0.3, 0.4) is 0 Å². The molecule has 3 aromatic carbocycles. The lowest BCUT2D eigenvalue weighted by Gasteiger charge is -2.39. The van der Waals surface area contributed by atoms with Gasteiger partial charge in [0.15, 0.2) is 18.1 Å². The molecule has 4 atom stereocenters. The molecule has 0 aromatic heterocycles. The topological polar surface area (TPSA) is 66.0 Å². The average molecular weight is 520 g/mol. The third-order valence-electron chi connectivity index (χ3n) is 7.29. The molecule has 0 spiro atoms. The number of halogens is 1. The maximum Gasteiger partial charge on any atom is 0.258 e. The Bertz CT molecular complexity index is 1210. The number of ether oxygens (including phenoxy) is 4. The second kappa shape index (κ2) is 11.9. The third-order valence-corrected chi connectivity index (χ3v) is 7.29. The van der Waals surface area contributed by atoms with E-state index < -0.39 is 0 Å². The molecular weight excluding hydrogens is 485 g/mol.